The van der Waals surface area contributed by atoms with Gasteiger partial charge in [-0.05, 0) is 30.7 Å². The number of likely N-dealkylation sites (tertiary alicyclic amines) is 1. The van der Waals surface area contributed by atoms with Crippen molar-refractivity contribution in [3.63, 3.8) is 0 Å². The van der Waals surface area contributed by atoms with Crippen molar-refractivity contribution < 1.29 is 37.4 Å². The van der Waals surface area contributed by atoms with E-state index in [9.17, 15) is 28.0 Å². The number of nitrogens with one attached hydrogen (secondary N) is 2. The highest BCUT2D eigenvalue weighted by Gasteiger charge is 2.45. The molecule has 0 aromatic heterocycles. The van der Waals surface area contributed by atoms with Gasteiger partial charge in [0, 0.05) is 18.6 Å². The van der Waals surface area contributed by atoms with Gasteiger partial charge in [-0.2, -0.15) is 0 Å². The Bertz CT molecular complexity index is 1150. The van der Waals surface area contributed by atoms with Crippen molar-refractivity contribution in [2.75, 3.05) is 12.4 Å². The Labute approximate surface area is 186 Å². The second-order valence-electron chi connectivity index (χ2n) is 7.51. The molecule has 33 heavy (non-hydrogen) atoms. The van der Waals surface area contributed by atoms with Gasteiger partial charge in [0.1, 0.15) is 29.3 Å². The number of hydrogen-bond acceptors (Lipinski definition) is 6. The lowest BCUT2D eigenvalue weighted by Gasteiger charge is -2.31. The number of methoxy groups -OCH3 is 1. The number of nitrogens with zero attached hydrogens (tertiary/aromatic N) is 1. The monoisotopic (exact) mass is 459 g/mol. The molecule has 4 rings (SSSR count). The van der Waals surface area contributed by atoms with Gasteiger partial charge in [-0.1, -0.05) is 0 Å². The predicted octanol–water partition coefficient (Wildman–Crippen LogP) is 2.11. The summed E-state index contributed by atoms with van der Waals surface area (Å²) in [6, 6.07) is 5.58. The number of anilines is 1. The summed E-state index contributed by atoms with van der Waals surface area (Å²) in [4.78, 5) is 49.8. The van der Waals surface area contributed by atoms with Crippen molar-refractivity contribution in [3.05, 3.63) is 48.0 Å². The molecule has 2 N–H and O–H groups in total. The van der Waals surface area contributed by atoms with Crippen LogP contribution in [0.3, 0.4) is 0 Å². The van der Waals surface area contributed by atoms with Crippen LogP contribution in [0.5, 0.6) is 17.2 Å². The van der Waals surface area contributed by atoms with Crippen LogP contribution in [0, 0.1) is 11.6 Å². The largest absolute Gasteiger partial charge is 0.495 e. The SMILES string of the molecule is COc1ccc(Oc2ccc(F)c(F)c2)cc1NC(=O)C1CCC(=O)N1C(=O)C1CC(=O)N1. The number of carbonyl (C=O) groups excluding carboxylic acids is 4. The van der Waals surface area contributed by atoms with Crippen LogP contribution < -0.4 is 20.1 Å². The average Bonchev–Trinajstić information content (AvgIpc) is 3.15. The Morgan fingerprint density at radius 1 is 1.09 bits per heavy atom. The van der Waals surface area contributed by atoms with E-state index >= 15 is 0 Å². The maximum atomic E-state index is 13.5. The van der Waals surface area contributed by atoms with E-state index in [0.29, 0.717) is 0 Å². The predicted molar refractivity (Wildman–Crippen MR) is 109 cm³/mol. The van der Waals surface area contributed by atoms with Gasteiger partial charge in [0.05, 0.1) is 19.2 Å². The van der Waals surface area contributed by atoms with Gasteiger partial charge in [0.15, 0.2) is 11.6 Å². The van der Waals surface area contributed by atoms with Crippen LogP contribution in [0.4, 0.5) is 14.5 Å². The topological polar surface area (TPSA) is 114 Å². The van der Waals surface area contributed by atoms with Crippen molar-refractivity contribution in [2.24, 2.45) is 0 Å². The van der Waals surface area contributed by atoms with E-state index in [4.69, 9.17) is 9.47 Å². The number of halogens is 2. The van der Waals surface area contributed by atoms with E-state index in [1.165, 1.54) is 31.4 Å². The number of imide groups is 1. The summed E-state index contributed by atoms with van der Waals surface area (Å²) >= 11 is 0. The zero-order valence-electron chi connectivity index (χ0n) is 17.4. The van der Waals surface area contributed by atoms with E-state index < -0.39 is 41.4 Å². The summed E-state index contributed by atoms with van der Waals surface area (Å²) in [6.45, 7) is 0. The van der Waals surface area contributed by atoms with E-state index in [1.807, 2.05) is 0 Å². The Morgan fingerprint density at radius 2 is 1.79 bits per heavy atom. The van der Waals surface area contributed by atoms with Crippen LogP contribution in [0.2, 0.25) is 0 Å². The molecule has 11 heteroatoms. The molecule has 2 unspecified atom stereocenters. The third-order valence-corrected chi connectivity index (χ3v) is 5.33. The normalized spacial score (nSPS) is 19.5. The van der Waals surface area contributed by atoms with Crippen molar-refractivity contribution in [1.29, 1.82) is 0 Å². The Morgan fingerprint density at radius 3 is 2.45 bits per heavy atom. The first-order valence-corrected chi connectivity index (χ1v) is 10.0. The minimum atomic E-state index is -1.08. The van der Waals surface area contributed by atoms with Gasteiger partial charge >= 0.3 is 0 Å². The molecular weight excluding hydrogens is 440 g/mol. The first-order valence-electron chi connectivity index (χ1n) is 10.0. The Balaban J connectivity index is 1.52. The Hall–Kier alpha value is -4.02. The molecular formula is C22H19F2N3O6. The molecule has 2 heterocycles. The molecule has 0 radical (unpaired) electrons. The van der Waals surface area contributed by atoms with Gasteiger partial charge in [-0.25, -0.2) is 8.78 Å². The lowest BCUT2D eigenvalue weighted by molar-refractivity contribution is -0.152. The standard InChI is InChI=1S/C22H19F2N3O6/c1-32-18-6-3-12(33-11-2-4-13(23)14(24)8-11)9-15(18)26-21(30)17-5-7-20(29)27(17)22(31)16-10-19(28)25-16/h2-4,6,8-9,16-17H,5,7,10H2,1H3,(H,25,28)(H,26,30). The van der Waals surface area contributed by atoms with Crippen LogP contribution in [0.1, 0.15) is 19.3 Å². The van der Waals surface area contributed by atoms with Gasteiger partial charge in [-0.15, -0.1) is 0 Å². The lowest BCUT2D eigenvalue weighted by atomic mass is 10.0. The molecule has 0 aliphatic carbocycles. The molecule has 172 valence electrons. The van der Waals surface area contributed by atoms with Crippen molar-refractivity contribution in [3.8, 4) is 17.2 Å². The second kappa shape index (κ2) is 8.85. The van der Waals surface area contributed by atoms with E-state index in [0.717, 1.165) is 17.0 Å². The van der Waals surface area contributed by atoms with Gasteiger partial charge in [0.25, 0.3) is 5.91 Å². The third-order valence-electron chi connectivity index (χ3n) is 5.33. The first-order chi connectivity index (χ1) is 15.8. The van der Waals surface area contributed by atoms with E-state index in [1.54, 1.807) is 0 Å². The third kappa shape index (κ3) is 4.47. The first kappa shape index (κ1) is 22.2. The average molecular weight is 459 g/mol. The molecule has 9 nitrogen and oxygen atoms in total. The molecule has 0 bridgehead atoms. The molecule has 2 aromatic carbocycles. The van der Waals surface area contributed by atoms with Crippen molar-refractivity contribution in [1.82, 2.24) is 10.2 Å². The fraction of sp³-hybridized carbons (Fsp3) is 0.273. The molecule has 2 aromatic rings. The number of carbonyl (C=O) groups is 4. The molecule has 2 fully saturated rings. The van der Waals surface area contributed by atoms with Crippen LogP contribution >= 0.6 is 0 Å². The maximum absolute atomic E-state index is 13.5. The molecule has 4 amide bonds. The summed E-state index contributed by atoms with van der Waals surface area (Å²) in [5, 5.41) is 5.03. The molecule has 2 aliphatic rings. The van der Waals surface area contributed by atoms with Gasteiger partial charge in [-0.3, -0.25) is 24.1 Å². The van der Waals surface area contributed by atoms with Crippen LogP contribution in [0.25, 0.3) is 0 Å². The minimum Gasteiger partial charge on any atom is -0.495 e. The molecule has 2 saturated heterocycles. The molecule has 0 saturated carbocycles. The number of rotatable bonds is 6. The second-order valence-corrected chi connectivity index (χ2v) is 7.51. The van der Waals surface area contributed by atoms with E-state index in [-0.39, 0.29) is 48.1 Å². The fourth-order valence-corrected chi connectivity index (χ4v) is 3.62. The van der Waals surface area contributed by atoms with Crippen molar-refractivity contribution >= 4 is 29.3 Å². The van der Waals surface area contributed by atoms with Gasteiger partial charge in [0.2, 0.25) is 17.7 Å². The summed E-state index contributed by atoms with van der Waals surface area (Å²) in [5.74, 6) is -3.63. The fourth-order valence-electron chi connectivity index (χ4n) is 3.62. The summed E-state index contributed by atoms with van der Waals surface area (Å²) in [6.07, 6.45) is 0.111. The van der Waals surface area contributed by atoms with Crippen LogP contribution in [-0.2, 0) is 19.2 Å². The molecule has 0 spiro atoms. The number of benzene rings is 2. The highest BCUT2D eigenvalue weighted by molar-refractivity contribution is 6.10. The smallest absolute Gasteiger partial charge is 0.253 e. The number of ether oxygens (including phenoxy) is 2. The van der Waals surface area contributed by atoms with E-state index in [2.05, 4.69) is 10.6 Å². The molecule has 2 aliphatic heterocycles. The van der Waals surface area contributed by atoms with Crippen LogP contribution in [0.15, 0.2) is 36.4 Å². The summed E-state index contributed by atoms with van der Waals surface area (Å²) in [7, 11) is 1.38. The summed E-state index contributed by atoms with van der Waals surface area (Å²) < 4.78 is 37.4. The number of β-lactam (4-membered cyclic amide) rings is 1. The summed E-state index contributed by atoms with van der Waals surface area (Å²) in [5.41, 5.74) is 0.186. The number of hydrogen-bond donors (Lipinski definition) is 2. The molecule has 2 atom stereocenters. The lowest BCUT2D eigenvalue weighted by Crippen LogP contribution is -2.60. The van der Waals surface area contributed by atoms with Gasteiger partial charge < -0.3 is 20.1 Å². The highest BCUT2D eigenvalue weighted by Crippen LogP contribution is 2.33. The maximum Gasteiger partial charge on any atom is 0.253 e. The zero-order chi connectivity index (χ0) is 23.7. The van der Waals surface area contributed by atoms with Crippen molar-refractivity contribution in [2.45, 2.75) is 31.3 Å². The highest BCUT2D eigenvalue weighted by atomic mass is 19.2. The quantitative estimate of drug-likeness (QED) is 0.505. The minimum absolute atomic E-state index is 0.0148. The van der Waals surface area contributed by atoms with Crippen LogP contribution in [-0.4, -0.2) is 47.7 Å². The zero-order valence-corrected chi connectivity index (χ0v) is 17.4. The Kier molecular flexibility index (Phi) is 5.95. The number of amides is 4.